The molecule has 1 aliphatic heterocycles. The van der Waals surface area contributed by atoms with Gasteiger partial charge in [0, 0.05) is 30.2 Å². The maximum atomic E-state index is 12.3. The second-order valence-corrected chi connectivity index (χ2v) is 10.3. The van der Waals surface area contributed by atoms with Crippen molar-refractivity contribution in [3.63, 3.8) is 0 Å². The number of rotatable bonds is 6. The summed E-state index contributed by atoms with van der Waals surface area (Å²) in [5.41, 5.74) is 3.15. The number of pyridine rings is 1. The van der Waals surface area contributed by atoms with Crippen molar-refractivity contribution in [1.29, 1.82) is 0 Å². The highest BCUT2D eigenvalue weighted by atomic mass is 16.6. The molecule has 1 aromatic carbocycles. The topological polar surface area (TPSA) is 89.7 Å². The molecule has 0 unspecified atom stereocenters. The molecule has 1 aliphatic rings. The van der Waals surface area contributed by atoms with Gasteiger partial charge in [-0.25, -0.2) is 4.79 Å². The first-order chi connectivity index (χ1) is 17.2. The summed E-state index contributed by atoms with van der Waals surface area (Å²) in [7, 11) is 3.75. The average Bonchev–Trinajstić information content (AvgIpc) is 3.26. The molecule has 1 saturated heterocycles. The van der Waals surface area contributed by atoms with Gasteiger partial charge in [0.1, 0.15) is 18.0 Å². The SMILES string of the molecule is CNC.Cc1c(OCc2ccccn2)ccc2c(CCC3CCN(C(=O)OC(C)(C)C)CC3)noc12. The number of carbonyl (C=O) groups is 1. The maximum absolute atomic E-state index is 12.3. The van der Waals surface area contributed by atoms with Gasteiger partial charge >= 0.3 is 6.09 Å². The molecule has 3 aromatic rings. The van der Waals surface area contributed by atoms with Crippen molar-refractivity contribution in [2.75, 3.05) is 27.2 Å². The molecule has 2 aromatic heterocycles. The first-order valence-corrected chi connectivity index (χ1v) is 12.7. The van der Waals surface area contributed by atoms with E-state index in [1.165, 1.54) is 0 Å². The minimum atomic E-state index is -0.455. The van der Waals surface area contributed by atoms with Gasteiger partial charge in [0.15, 0.2) is 5.58 Å². The molecule has 0 saturated carbocycles. The highest BCUT2D eigenvalue weighted by Crippen LogP contribution is 2.31. The van der Waals surface area contributed by atoms with E-state index in [2.05, 4.69) is 15.5 Å². The number of amides is 1. The number of ether oxygens (including phenoxy) is 2. The standard InChI is InChI=1S/C26H33N3O4.C2H7N/c1-18-23(31-17-20-7-5-6-14-27-20)11-9-21-22(28-33-24(18)21)10-8-19-12-15-29(16-13-19)25(30)32-26(2,3)4;1-3-2/h5-7,9,11,14,19H,8,10,12-13,15-17H2,1-4H3;3H,1-2H3. The third kappa shape index (κ3) is 7.68. The number of likely N-dealkylation sites (tertiary alicyclic amines) is 1. The quantitative estimate of drug-likeness (QED) is 0.480. The molecule has 1 N–H and O–H groups in total. The number of hydrogen-bond donors (Lipinski definition) is 1. The number of aryl methyl sites for hydroxylation is 2. The molecule has 0 aliphatic carbocycles. The number of nitrogens with zero attached hydrogens (tertiary/aromatic N) is 3. The molecule has 3 heterocycles. The molecule has 1 fully saturated rings. The van der Waals surface area contributed by atoms with Crippen LogP contribution in [0.3, 0.4) is 0 Å². The van der Waals surface area contributed by atoms with Crippen molar-refractivity contribution in [2.45, 2.75) is 65.6 Å². The van der Waals surface area contributed by atoms with E-state index in [-0.39, 0.29) is 6.09 Å². The lowest BCUT2D eigenvalue weighted by Crippen LogP contribution is -2.41. The molecular weight excluding hydrogens is 456 g/mol. The molecular formula is C28H40N4O4. The van der Waals surface area contributed by atoms with Crippen LogP contribution in [0.15, 0.2) is 41.1 Å². The van der Waals surface area contributed by atoms with Crippen LogP contribution in [-0.4, -0.2) is 53.9 Å². The first kappa shape index (κ1) is 27.5. The van der Waals surface area contributed by atoms with Crippen LogP contribution in [0.25, 0.3) is 11.0 Å². The van der Waals surface area contributed by atoms with Crippen LogP contribution >= 0.6 is 0 Å². The van der Waals surface area contributed by atoms with Crippen molar-refractivity contribution in [3.8, 4) is 5.75 Å². The molecule has 36 heavy (non-hydrogen) atoms. The summed E-state index contributed by atoms with van der Waals surface area (Å²) < 4.78 is 17.1. The van der Waals surface area contributed by atoms with Gasteiger partial charge in [-0.3, -0.25) is 4.98 Å². The third-order valence-electron chi connectivity index (χ3n) is 6.07. The summed E-state index contributed by atoms with van der Waals surface area (Å²) in [6.07, 6.45) is 5.41. The van der Waals surface area contributed by atoms with E-state index in [0.717, 1.165) is 72.4 Å². The van der Waals surface area contributed by atoms with E-state index in [4.69, 9.17) is 14.0 Å². The number of hydrogen-bond acceptors (Lipinski definition) is 7. The Hall–Kier alpha value is -3.13. The number of carbonyl (C=O) groups excluding carboxylic acids is 1. The van der Waals surface area contributed by atoms with Gasteiger partial charge < -0.3 is 24.2 Å². The highest BCUT2D eigenvalue weighted by molar-refractivity contribution is 5.84. The number of fused-ring (bicyclic) bond motifs is 1. The largest absolute Gasteiger partial charge is 0.487 e. The van der Waals surface area contributed by atoms with Crippen LogP contribution in [0.1, 0.15) is 57.0 Å². The summed E-state index contributed by atoms with van der Waals surface area (Å²) in [5, 5.41) is 8.15. The number of piperidine rings is 1. The molecule has 0 spiro atoms. The van der Waals surface area contributed by atoms with Crippen molar-refractivity contribution in [2.24, 2.45) is 5.92 Å². The van der Waals surface area contributed by atoms with Gasteiger partial charge in [-0.2, -0.15) is 0 Å². The fraction of sp³-hybridized carbons (Fsp3) is 0.536. The van der Waals surface area contributed by atoms with Crippen molar-refractivity contribution in [3.05, 3.63) is 53.5 Å². The lowest BCUT2D eigenvalue weighted by Gasteiger charge is -2.33. The van der Waals surface area contributed by atoms with Gasteiger partial charge in [-0.15, -0.1) is 0 Å². The van der Waals surface area contributed by atoms with Crippen LogP contribution in [0.2, 0.25) is 0 Å². The maximum Gasteiger partial charge on any atom is 0.410 e. The minimum Gasteiger partial charge on any atom is -0.487 e. The number of benzene rings is 1. The van der Waals surface area contributed by atoms with Crippen LogP contribution in [-0.2, 0) is 17.8 Å². The number of nitrogens with one attached hydrogen (secondary N) is 1. The Morgan fingerprint density at radius 3 is 2.53 bits per heavy atom. The lowest BCUT2D eigenvalue weighted by atomic mass is 9.91. The average molecular weight is 497 g/mol. The van der Waals surface area contributed by atoms with Crippen molar-refractivity contribution < 1.29 is 18.8 Å². The Balaban J connectivity index is 0.00000115. The molecule has 8 heteroatoms. The van der Waals surface area contributed by atoms with Crippen LogP contribution in [0.4, 0.5) is 4.79 Å². The zero-order valence-corrected chi connectivity index (χ0v) is 22.5. The van der Waals surface area contributed by atoms with E-state index in [0.29, 0.717) is 12.5 Å². The van der Waals surface area contributed by atoms with Crippen LogP contribution in [0.5, 0.6) is 5.75 Å². The molecule has 1 amide bonds. The fourth-order valence-corrected chi connectivity index (χ4v) is 4.21. The van der Waals surface area contributed by atoms with Crippen molar-refractivity contribution >= 4 is 17.1 Å². The van der Waals surface area contributed by atoms with Gasteiger partial charge in [-0.1, -0.05) is 11.2 Å². The number of aromatic nitrogens is 2. The van der Waals surface area contributed by atoms with Gasteiger partial charge in [-0.05, 0) is 97.7 Å². The zero-order chi connectivity index (χ0) is 26.1. The Morgan fingerprint density at radius 1 is 1.17 bits per heavy atom. The third-order valence-corrected chi connectivity index (χ3v) is 6.07. The normalized spacial score (nSPS) is 14.3. The van der Waals surface area contributed by atoms with Crippen LogP contribution < -0.4 is 10.1 Å². The van der Waals surface area contributed by atoms with E-state index in [9.17, 15) is 4.79 Å². The van der Waals surface area contributed by atoms with Crippen LogP contribution in [0, 0.1) is 12.8 Å². The van der Waals surface area contributed by atoms with E-state index >= 15 is 0 Å². The molecule has 196 valence electrons. The van der Waals surface area contributed by atoms with E-state index in [1.54, 1.807) is 6.20 Å². The Morgan fingerprint density at radius 2 is 1.89 bits per heavy atom. The molecule has 0 radical (unpaired) electrons. The summed E-state index contributed by atoms with van der Waals surface area (Å²) in [6, 6.07) is 9.80. The molecule has 0 atom stereocenters. The van der Waals surface area contributed by atoms with E-state index in [1.807, 2.05) is 77.0 Å². The predicted molar refractivity (Wildman–Crippen MR) is 141 cm³/mol. The van der Waals surface area contributed by atoms with Gasteiger partial charge in [0.25, 0.3) is 0 Å². The van der Waals surface area contributed by atoms with Crippen molar-refractivity contribution in [1.82, 2.24) is 20.4 Å². The first-order valence-electron chi connectivity index (χ1n) is 12.7. The summed E-state index contributed by atoms with van der Waals surface area (Å²) >= 11 is 0. The molecule has 0 bridgehead atoms. The Bertz CT molecular complexity index is 1100. The summed E-state index contributed by atoms with van der Waals surface area (Å²) in [6.45, 7) is 9.60. The van der Waals surface area contributed by atoms with E-state index < -0.39 is 5.60 Å². The summed E-state index contributed by atoms with van der Waals surface area (Å²) in [4.78, 5) is 18.4. The fourth-order valence-electron chi connectivity index (χ4n) is 4.21. The van der Waals surface area contributed by atoms with Gasteiger partial charge in [0.05, 0.1) is 11.4 Å². The second-order valence-electron chi connectivity index (χ2n) is 10.3. The van der Waals surface area contributed by atoms with Gasteiger partial charge in [0.2, 0.25) is 0 Å². The predicted octanol–water partition coefficient (Wildman–Crippen LogP) is 5.53. The summed E-state index contributed by atoms with van der Waals surface area (Å²) in [5.74, 6) is 1.35. The second kappa shape index (κ2) is 12.7. The zero-order valence-electron chi connectivity index (χ0n) is 22.5. The minimum absolute atomic E-state index is 0.208. The molecule has 4 rings (SSSR count). The Labute approximate surface area is 214 Å². The Kier molecular flexibility index (Phi) is 9.70. The highest BCUT2D eigenvalue weighted by Gasteiger charge is 2.27. The smallest absolute Gasteiger partial charge is 0.410 e. The molecule has 8 nitrogen and oxygen atoms in total. The lowest BCUT2D eigenvalue weighted by molar-refractivity contribution is 0.0181. The monoisotopic (exact) mass is 496 g/mol.